The van der Waals surface area contributed by atoms with E-state index in [9.17, 15) is 4.79 Å². The summed E-state index contributed by atoms with van der Waals surface area (Å²) in [6, 6.07) is 9.52. The molecule has 1 aliphatic heterocycles. The number of piperidine rings is 1. The van der Waals surface area contributed by atoms with E-state index in [4.69, 9.17) is 4.42 Å². The molecule has 1 amide bonds. The van der Waals surface area contributed by atoms with Gasteiger partial charge in [0.25, 0.3) is 5.91 Å². The van der Waals surface area contributed by atoms with Gasteiger partial charge in [-0.05, 0) is 69.6 Å². The van der Waals surface area contributed by atoms with Crippen LogP contribution in [-0.4, -0.2) is 28.9 Å². The van der Waals surface area contributed by atoms with Crippen LogP contribution in [0.4, 0.5) is 5.00 Å². The zero-order valence-corrected chi connectivity index (χ0v) is 17.1. The van der Waals surface area contributed by atoms with E-state index in [0.29, 0.717) is 5.76 Å². The molecule has 0 spiro atoms. The minimum absolute atomic E-state index is 0.0401. The standard InChI is InChI=1S/C22H25N3O2S/c1-15-16(2)28-22(24-21(26)18-10-8-14-27-18)19(15)20(17-9-4-5-11-23-17)25-12-6-3-7-13-25/h4-5,8-11,14,20H,3,6-7,12-13H2,1-2H3,(H,24,26)/t20-/m1/s1. The molecule has 0 bridgehead atoms. The molecule has 28 heavy (non-hydrogen) atoms. The molecule has 1 atom stereocenters. The minimum atomic E-state index is -0.217. The first kappa shape index (κ1) is 18.9. The number of amides is 1. The Morgan fingerprint density at radius 3 is 2.68 bits per heavy atom. The van der Waals surface area contributed by atoms with E-state index in [2.05, 4.69) is 35.1 Å². The molecule has 0 aromatic carbocycles. The van der Waals surface area contributed by atoms with Gasteiger partial charge < -0.3 is 9.73 Å². The lowest BCUT2D eigenvalue weighted by Gasteiger charge is -2.35. The summed E-state index contributed by atoms with van der Waals surface area (Å²) < 4.78 is 5.28. The predicted molar refractivity (Wildman–Crippen MR) is 112 cm³/mol. The van der Waals surface area contributed by atoms with Crippen LogP contribution in [0.15, 0.2) is 47.2 Å². The quantitative estimate of drug-likeness (QED) is 0.647. The lowest BCUT2D eigenvalue weighted by Crippen LogP contribution is -2.35. The Labute approximate surface area is 169 Å². The second-order valence-corrected chi connectivity index (χ2v) is 8.44. The van der Waals surface area contributed by atoms with Crippen molar-refractivity contribution in [1.29, 1.82) is 0 Å². The van der Waals surface area contributed by atoms with Crippen molar-refractivity contribution in [3.05, 3.63) is 70.3 Å². The molecule has 0 saturated carbocycles. The van der Waals surface area contributed by atoms with E-state index in [1.54, 1.807) is 23.5 Å². The highest BCUT2D eigenvalue weighted by molar-refractivity contribution is 7.16. The molecule has 146 valence electrons. The largest absolute Gasteiger partial charge is 0.459 e. The third kappa shape index (κ3) is 3.75. The van der Waals surface area contributed by atoms with Gasteiger partial charge in [-0.1, -0.05) is 12.5 Å². The average Bonchev–Trinajstić information content (AvgIpc) is 3.35. The van der Waals surface area contributed by atoms with Crippen LogP contribution in [0, 0.1) is 13.8 Å². The lowest BCUT2D eigenvalue weighted by molar-refractivity contribution is 0.0996. The van der Waals surface area contributed by atoms with Crippen molar-refractivity contribution < 1.29 is 9.21 Å². The number of thiophene rings is 1. The number of nitrogens with zero attached hydrogens (tertiary/aromatic N) is 2. The number of carbonyl (C=O) groups excluding carboxylic acids is 1. The molecular formula is C22H25N3O2S. The van der Waals surface area contributed by atoms with E-state index in [1.165, 1.54) is 36.0 Å². The molecule has 0 unspecified atom stereocenters. The first-order chi connectivity index (χ1) is 13.6. The summed E-state index contributed by atoms with van der Waals surface area (Å²) in [6.45, 7) is 6.34. The molecule has 5 nitrogen and oxygen atoms in total. The molecule has 3 aromatic rings. The summed E-state index contributed by atoms with van der Waals surface area (Å²) in [5.74, 6) is 0.105. The highest BCUT2D eigenvalue weighted by atomic mass is 32.1. The first-order valence-electron chi connectivity index (χ1n) is 9.75. The van der Waals surface area contributed by atoms with Crippen LogP contribution in [-0.2, 0) is 0 Å². The van der Waals surface area contributed by atoms with E-state index < -0.39 is 0 Å². The SMILES string of the molecule is Cc1sc(NC(=O)c2ccco2)c([C@@H](c2ccccn2)N2CCCCC2)c1C. The topological polar surface area (TPSA) is 58.4 Å². The first-order valence-corrected chi connectivity index (χ1v) is 10.6. The van der Waals surface area contributed by atoms with Gasteiger partial charge in [0.2, 0.25) is 0 Å². The number of anilines is 1. The van der Waals surface area contributed by atoms with E-state index in [1.807, 2.05) is 18.3 Å². The number of hydrogen-bond acceptors (Lipinski definition) is 5. The number of aromatic nitrogens is 1. The Kier molecular flexibility index (Phi) is 5.59. The van der Waals surface area contributed by atoms with Crippen LogP contribution in [0.2, 0.25) is 0 Å². The van der Waals surface area contributed by atoms with Gasteiger partial charge in [-0.3, -0.25) is 14.7 Å². The number of pyridine rings is 1. The summed E-state index contributed by atoms with van der Waals surface area (Å²) in [5, 5.41) is 3.98. The monoisotopic (exact) mass is 395 g/mol. The molecular weight excluding hydrogens is 370 g/mol. The van der Waals surface area contributed by atoms with Gasteiger partial charge in [-0.2, -0.15) is 0 Å². The van der Waals surface area contributed by atoms with E-state index >= 15 is 0 Å². The number of furan rings is 1. The number of aryl methyl sites for hydroxylation is 1. The van der Waals surface area contributed by atoms with Crippen molar-refractivity contribution in [2.75, 3.05) is 18.4 Å². The van der Waals surface area contributed by atoms with Gasteiger partial charge in [0.1, 0.15) is 5.00 Å². The Balaban J connectivity index is 1.76. The van der Waals surface area contributed by atoms with Crippen molar-refractivity contribution >= 4 is 22.2 Å². The third-order valence-electron chi connectivity index (χ3n) is 5.40. The zero-order chi connectivity index (χ0) is 19.5. The van der Waals surface area contributed by atoms with Crippen LogP contribution in [0.5, 0.6) is 0 Å². The Morgan fingerprint density at radius 2 is 2.00 bits per heavy atom. The van der Waals surface area contributed by atoms with Crippen molar-refractivity contribution in [1.82, 2.24) is 9.88 Å². The smallest absolute Gasteiger partial charge is 0.291 e. The second-order valence-electron chi connectivity index (χ2n) is 7.21. The summed E-state index contributed by atoms with van der Waals surface area (Å²) >= 11 is 1.63. The van der Waals surface area contributed by atoms with E-state index in [-0.39, 0.29) is 11.9 Å². The zero-order valence-electron chi connectivity index (χ0n) is 16.3. The van der Waals surface area contributed by atoms with Crippen molar-refractivity contribution in [2.45, 2.75) is 39.2 Å². The van der Waals surface area contributed by atoms with Crippen LogP contribution < -0.4 is 5.32 Å². The Bertz CT molecular complexity index is 928. The van der Waals surface area contributed by atoms with Gasteiger partial charge in [-0.25, -0.2) is 0 Å². The number of rotatable bonds is 5. The average molecular weight is 396 g/mol. The molecule has 1 saturated heterocycles. The van der Waals surface area contributed by atoms with Crippen LogP contribution in [0.1, 0.15) is 57.6 Å². The second kappa shape index (κ2) is 8.29. The number of hydrogen-bond donors (Lipinski definition) is 1. The molecule has 3 aromatic heterocycles. The van der Waals surface area contributed by atoms with Crippen LogP contribution in [0.3, 0.4) is 0 Å². The molecule has 4 heterocycles. The van der Waals surface area contributed by atoms with Crippen molar-refractivity contribution in [2.24, 2.45) is 0 Å². The fourth-order valence-electron chi connectivity index (χ4n) is 3.87. The summed E-state index contributed by atoms with van der Waals surface area (Å²) in [6.07, 6.45) is 7.03. The maximum Gasteiger partial charge on any atom is 0.291 e. The fraction of sp³-hybridized carbons (Fsp3) is 0.364. The Hall–Kier alpha value is -2.44. The van der Waals surface area contributed by atoms with Crippen LogP contribution >= 0.6 is 11.3 Å². The Morgan fingerprint density at radius 1 is 1.18 bits per heavy atom. The maximum absolute atomic E-state index is 12.7. The van der Waals surface area contributed by atoms with Crippen molar-refractivity contribution in [3.8, 4) is 0 Å². The van der Waals surface area contributed by atoms with Crippen LogP contribution in [0.25, 0.3) is 0 Å². The number of nitrogens with one attached hydrogen (secondary N) is 1. The van der Waals surface area contributed by atoms with Gasteiger partial charge in [-0.15, -0.1) is 11.3 Å². The van der Waals surface area contributed by atoms with Gasteiger partial charge in [0, 0.05) is 16.6 Å². The highest BCUT2D eigenvalue weighted by Crippen LogP contribution is 2.42. The highest BCUT2D eigenvalue weighted by Gasteiger charge is 2.31. The molecule has 1 aliphatic rings. The lowest BCUT2D eigenvalue weighted by atomic mass is 9.96. The number of carbonyl (C=O) groups is 1. The normalized spacial score (nSPS) is 16.1. The predicted octanol–water partition coefficient (Wildman–Crippen LogP) is 5.18. The molecule has 1 N–H and O–H groups in total. The molecule has 0 radical (unpaired) electrons. The van der Waals surface area contributed by atoms with Gasteiger partial charge in [0.15, 0.2) is 5.76 Å². The maximum atomic E-state index is 12.7. The number of likely N-dealkylation sites (tertiary alicyclic amines) is 1. The molecule has 6 heteroatoms. The molecule has 4 rings (SSSR count). The van der Waals surface area contributed by atoms with Gasteiger partial charge >= 0.3 is 0 Å². The van der Waals surface area contributed by atoms with E-state index in [0.717, 1.165) is 29.3 Å². The van der Waals surface area contributed by atoms with Crippen molar-refractivity contribution in [3.63, 3.8) is 0 Å². The molecule has 0 aliphatic carbocycles. The fourth-order valence-corrected chi connectivity index (χ4v) is 4.96. The summed E-state index contributed by atoms with van der Waals surface area (Å²) in [5.41, 5.74) is 3.41. The van der Waals surface area contributed by atoms with Gasteiger partial charge in [0.05, 0.1) is 18.0 Å². The summed E-state index contributed by atoms with van der Waals surface area (Å²) in [7, 11) is 0. The molecule has 1 fully saturated rings. The minimum Gasteiger partial charge on any atom is -0.459 e. The summed E-state index contributed by atoms with van der Waals surface area (Å²) in [4.78, 5) is 21.1. The third-order valence-corrected chi connectivity index (χ3v) is 6.54.